The number of rotatable bonds is 9. The Hall–Kier alpha value is -3.19. The van der Waals surface area contributed by atoms with Crippen LogP contribution in [0.2, 0.25) is 0 Å². The van der Waals surface area contributed by atoms with E-state index in [0.29, 0.717) is 37.9 Å². The van der Waals surface area contributed by atoms with E-state index < -0.39 is 12.1 Å². The molecule has 0 radical (unpaired) electrons. The number of anilines is 1. The highest BCUT2D eigenvalue weighted by Gasteiger charge is 2.36. The first kappa shape index (κ1) is 25.4. The Morgan fingerprint density at radius 1 is 1.06 bits per heavy atom. The Bertz CT molecular complexity index is 1010. The van der Waals surface area contributed by atoms with Crippen LogP contribution in [-0.2, 0) is 20.8 Å². The second-order valence-corrected chi connectivity index (χ2v) is 9.18. The number of hydrogen-bond acceptors (Lipinski definition) is 4. The molecule has 1 aliphatic heterocycles. The number of likely N-dealkylation sites (tertiary alicyclic amines) is 1. The lowest BCUT2D eigenvalue weighted by molar-refractivity contribution is -0.129. The first-order valence-corrected chi connectivity index (χ1v) is 12.0. The summed E-state index contributed by atoms with van der Waals surface area (Å²) in [5, 5.41) is 8.93. The number of amides is 3. The van der Waals surface area contributed by atoms with Crippen molar-refractivity contribution in [3.63, 3.8) is 0 Å². The molecule has 3 amide bonds. The molecule has 1 fully saturated rings. The molecule has 3 atom stereocenters. The lowest BCUT2D eigenvalue weighted by Gasteiger charge is -2.23. The van der Waals surface area contributed by atoms with Gasteiger partial charge < -0.3 is 16.0 Å². The molecule has 34 heavy (non-hydrogen) atoms. The third-order valence-corrected chi connectivity index (χ3v) is 6.51. The molecule has 2 aromatic carbocycles. The van der Waals surface area contributed by atoms with Crippen molar-refractivity contribution in [2.75, 3.05) is 18.9 Å². The van der Waals surface area contributed by atoms with Crippen LogP contribution in [0.25, 0.3) is 0 Å². The number of aryl methyl sites for hydroxylation is 3. The Kier molecular flexibility index (Phi) is 8.82. The number of nitrogens with one attached hydrogen (secondary N) is 3. The van der Waals surface area contributed by atoms with E-state index in [1.165, 1.54) is 0 Å². The van der Waals surface area contributed by atoms with E-state index in [-0.39, 0.29) is 23.8 Å². The number of likely N-dealkylation sites (N-methyl/N-ethyl adjacent to an activating group) is 1. The summed E-state index contributed by atoms with van der Waals surface area (Å²) in [6.45, 7) is 6.44. The normalized spacial score (nSPS) is 18.8. The van der Waals surface area contributed by atoms with E-state index in [0.717, 1.165) is 16.7 Å². The lowest BCUT2D eigenvalue weighted by atomic mass is 10.0. The zero-order valence-corrected chi connectivity index (χ0v) is 20.6. The van der Waals surface area contributed by atoms with Crippen molar-refractivity contribution in [2.24, 2.45) is 0 Å². The van der Waals surface area contributed by atoms with Crippen LogP contribution < -0.4 is 16.0 Å². The van der Waals surface area contributed by atoms with Gasteiger partial charge in [-0.05, 0) is 69.0 Å². The molecule has 182 valence electrons. The molecule has 1 saturated heterocycles. The van der Waals surface area contributed by atoms with Crippen molar-refractivity contribution in [2.45, 2.75) is 64.6 Å². The SMILES string of the molecule is CCC(=O)N[C@@H]1C[C@@H](C(=O)N[C@H](CCc2ccccc2)C(=O)Nc2ccc(C)c(C)c2)N(C)C1. The molecule has 0 spiro atoms. The molecule has 0 aromatic heterocycles. The summed E-state index contributed by atoms with van der Waals surface area (Å²) in [6.07, 6.45) is 2.09. The minimum Gasteiger partial charge on any atom is -0.352 e. The van der Waals surface area contributed by atoms with Gasteiger partial charge in [-0.15, -0.1) is 0 Å². The predicted molar refractivity (Wildman–Crippen MR) is 134 cm³/mol. The van der Waals surface area contributed by atoms with Crippen molar-refractivity contribution in [3.05, 3.63) is 65.2 Å². The van der Waals surface area contributed by atoms with E-state index in [9.17, 15) is 14.4 Å². The van der Waals surface area contributed by atoms with Crippen molar-refractivity contribution < 1.29 is 14.4 Å². The third-order valence-electron chi connectivity index (χ3n) is 6.51. The van der Waals surface area contributed by atoms with E-state index in [2.05, 4.69) is 16.0 Å². The van der Waals surface area contributed by atoms with Gasteiger partial charge in [0.15, 0.2) is 0 Å². The maximum absolute atomic E-state index is 13.2. The quantitative estimate of drug-likeness (QED) is 0.532. The lowest BCUT2D eigenvalue weighted by Crippen LogP contribution is -2.50. The summed E-state index contributed by atoms with van der Waals surface area (Å²) in [6, 6.07) is 14.6. The highest BCUT2D eigenvalue weighted by Crippen LogP contribution is 2.18. The van der Waals surface area contributed by atoms with Crippen LogP contribution in [0.1, 0.15) is 42.9 Å². The first-order valence-electron chi connectivity index (χ1n) is 12.0. The Morgan fingerprint density at radius 2 is 1.79 bits per heavy atom. The van der Waals surface area contributed by atoms with Gasteiger partial charge >= 0.3 is 0 Å². The maximum Gasteiger partial charge on any atom is 0.246 e. The van der Waals surface area contributed by atoms with Gasteiger partial charge in [0, 0.05) is 24.7 Å². The number of carbonyl (C=O) groups excluding carboxylic acids is 3. The largest absolute Gasteiger partial charge is 0.352 e. The molecule has 0 aliphatic carbocycles. The summed E-state index contributed by atoms with van der Waals surface area (Å²) >= 11 is 0. The van der Waals surface area contributed by atoms with Crippen molar-refractivity contribution in [1.82, 2.24) is 15.5 Å². The molecule has 1 heterocycles. The zero-order chi connectivity index (χ0) is 24.7. The van der Waals surface area contributed by atoms with Crippen LogP contribution in [0.3, 0.4) is 0 Å². The van der Waals surface area contributed by atoms with Crippen LogP contribution in [0.5, 0.6) is 0 Å². The minimum atomic E-state index is -0.674. The average molecular weight is 465 g/mol. The van der Waals surface area contributed by atoms with Crippen LogP contribution in [0.4, 0.5) is 5.69 Å². The number of hydrogen-bond donors (Lipinski definition) is 3. The van der Waals surface area contributed by atoms with Gasteiger partial charge in [0.05, 0.1) is 6.04 Å². The van der Waals surface area contributed by atoms with Gasteiger partial charge in [-0.3, -0.25) is 19.3 Å². The van der Waals surface area contributed by atoms with Crippen LogP contribution >= 0.6 is 0 Å². The Morgan fingerprint density at radius 3 is 2.47 bits per heavy atom. The Labute approximate surface area is 202 Å². The van der Waals surface area contributed by atoms with Gasteiger partial charge in [0.1, 0.15) is 6.04 Å². The molecule has 7 nitrogen and oxygen atoms in total. The minimum absolute atomic E-state index is 0.0204. The molecule has 2 aromatic rings. The smallest absolute Gasteiger partial charge is 0.246 e. The molecular formula is C27H36N4O3. The molecule has 3 rings (SSSR count). The van der Waals surface area contributed by atoms with Gasteiger partial charge in [0.25, 0.3) is 0 Å². The summed E-state index contributed by atoms with van der Waals surface area (Å²) in [7, 11) is 1.87. The van der Waals surface area contributed by atoms with E-state index >= 15 is 0 Å². The maximum atomic E-state index is 13.2. The monoisotopic (exact) mass is 464 g/mol. The number of carbonyl (C=O) groups is 3. The van der Waals surface area contributed by atoms with Crippen molar-refractivity contribution in [3.8, 4) is 0 Å². The second kappa shape index (κ2) is 11.8. The fourth-order valence-electron chi connectivity index (χ4n) is 4.28. The van der Waals surface area contributed by atoms with E-state index in [4.69, 9.17) is 0 Å². The van der Waals surface area contributed by atoms with Crippen LogP contribution in [0, 0.1) is 13.8 Å². The van der Waals surface area contributed by atoms with Gasteiger partial charge in [0.2, 0.25) is 17.7 Å². The standard InChI is InChI=1S/C27H36N4O3/c1-5-25(32)28-22-16-24(31(4)17-22)27(34)30-23(14-12-20-9-7-6-8-10-20)26(33)29-21-13-11-18(2)19(3)15-21/h6-11,13,15,22-24H,5,12,14,16-17H2,1-4H3,(H,28,32)(H,29,33)(H,30,34)/t22-,23-,24+/m1/s1. The molecule has 0 bridgehead atoms. The van der Waals surface area contributed by atoms with Gasteiger partial charge in [-0.1, -0.05) is 43.3 Å². The van der Waals surface area contributed by atoms with Gasteiger partial charge in [-0.25, -0.2) is 0 Å². The summed E-state index contributed by atoms with van der Waals surface area (Å²) in [5.74, 6) is -0.443. The molecule has 0 saturated carbocycles. The van der Waals surface area contributed by atoms with E-state index in [1.54, 1.807) is 0 Å². The second-order valence-electron chi connectivity index (χ2n) is 9.18. The highest BCUT2D eigenvalue weighted by atomic mass is 16.2. The molecular weight excluding hydrogens is 428 g/mol. The Balaban J connectivity index is 1.69. The predicted octanol–water partition coefficient (Wildman–Crippen LogP) is 2.96. The molecule has 1 aliphatic rings. The van der Waals surface area contributed by atoms with Gasteiger partial charge in [-0.2, -0.15) is 0 Å². The number of benzene rings is 2. The summed E-state index contributed by atoms with van der Waals surface area (Å²) in [4.78, 5) is 40.1. The van der Waals surface area contributed by atoms with Crippen LogP contribution in [0.15, 0.2) is 48.5 Å². The third kappa shape index (κ3) is 6.90. The number of nitrogens with zero attached hydrogens (tertiary/aromatic N) is 1. The average Bonchev–Trinajstić information content (AvgIpc) is 3.19. The van der Waals surface area contributed by atoms with Crippen molar-refractivity contribution >= 4 is 23.4 Å². The van der Waals surface area contributed by atoms with Crippen LogP contribution in [-0.4, -0.2) is 54.3 Å². The van der Waals surface area contributed by atoms with E-state index in [1.807, 2.05) is 81.2 Å². The zero-order valence-electron chi connectivity index (χ0n) is 20.6. The highest BCUT2D eigenvalue weighted by molar-refractivity contribution is 5.98. The molecule has 0 unspecified atom stereocenters. The molecule has 3 N–H and O–H groups in total. The summed E-state index contributed by atoms with van der Waals surface area (Å²) in [5.41, 5.74) is 4.07. The molecule has 7 heteroatoms. The fraction of sp³-hybridized carbons (Fsp3) is 0.444. The topological polar surface area (TPSA) is 90.5 Å². The van der Waals surface area contributed by atoms with Crippen molar-refractivity contribution in [1.29, 1.82) is 0 Å². The fourth-order valence-corrected chi connectivity index (χ4v) is 4.28. The first-order chi connectivity index (χ1) is 16.3. The summed E-state index contributed by atoms with van der Waals surface area (Å²) < 4.78 is 0.